The van der Waals surface area contributed by atoms with Crippen molar-refractivity contribution in [3.63, 3.8) is 0 Å². The molecular weight excluding hydrogens is 230 g/mol. The lowest BCUT2D eigenvalue weighted by Crippen LogP contribution is -2.08. The van der Waals surface area contributed by atoms with Crippen molar-refractivity contribution in [1.82, 2.24) is 0 Å². The summed E-state index contributed by atoms with van der Waals surface area (Å²) in [5, 5.41) is 20.4. The highest BCUT2D eigenvalue weighted by Crippen LogP contribution is 2.18. The molecule has 0 amide bonds. The van der Waals surface area contributed by atoms with Crippen LogP contribution in [-0.4, -0.2) is 31.5 Å². The Hall–Kier alpha value is -1.77. The van der Waals surface area contributed by atoms with E-state index in [0.717, 1.165) is 24.2 Å². The van der Waals surface area contributed by atoms with E-state index in [1.165, 1.54) is 0 Å². The summed E-state index contributed by atoms with van der Waals surface area (Å²) in [7, 11) is 0. The number of hydrogen-bond donors (Lipinski definition) is 3. The van der Waals surface area contributed by atoms with Crippen molar-refractivity contribution in [2.24, 2.45) is 0 Å². The molecule has 0 unspecified atom stereocenters. The zero-order valence-electron chi connectivity index (χ0n) is 10.4. The summed E-state index contributed by atoms with van der Waals surface area (Å²) in [4.78, 5) is 0. The summed E-state index contributed by atoms with van der Waals surface area (Å²) in [5.74, 6) is 0. The van der Waals surface area contributed by atoms with Gasteiger partial charge in [0.1, 0.15) is 0 Å². The highest BCUT2D eigenvalue weighted by Gasteiger charge is 2.00. The largest absolute Gasteiger partial charge is 0.398 e. The molecular formula is C13H19N3O2. The Balaban J connectivity index is 2.34. The van der Waals surface area contributed by atoms with Gasteiger partial charge in [-0.1, -0.05) is 0 Å². The molecule has 0 aliphatic carbocycles. The standard InChI is InChI=1S/C13H19N3O2/c14-5-4-11-10-12(2-3-13(11)15)16-6-1-8-18-9-7-17/h2-3,10,16-17H,1,4,6-9,15H2. The molecule has 0 fully saturated rings. The SMILES string of the molecule is N#CCc1cc(NCCCOCCO)ccc1N. The average molecular weight is 249 g/mol. The molecule has 0 aliphatic heterocycles. The monoisotopic (exact) mass is 249 g/mol. The second-order valence-corrected chi connectivity index (χ2v) is 3.86. The fourth-order valence-electron chi connectivity index (χ4n) is 1.53. The van der Waals surface area contributed by atoms with Crippen molar-refractivity contribution >= 4 is 11.4 Å². The molecule has 1 aromatic carbocycles. The molecule has 0 spiro atoms. The number of nitrogens with one attached hydrogen (secondary N) is 1. The van der Waals surface area contributed by atoms with Crippen LogP contribution in [0.5, 0.6) is 0 Å². The van der Waals surface area contributed by atoms with Crippen LogP contribution >= 0.6 is 0 Å². The van der Waals surface area contributed by atoms with Gasteiger partial charge >= 0.3 is 0 Å². The van der Waals surface area contributed by atoms with Crippen LogP contribution < -0.4 is 11.1 Å². The third-order valence-corrected chi connectivity index (χ3v) is 2.44. The van der Waals surface area contributed by atoms with Crippen LogP contribution in [0.3, 0.4) is 0 Å². The Kier molecular flexibility index (Phi) is 6.62. The Morgan fingerprint density at radius 2 is 2.22 bits per heavy atom. The normalized spacial score (nSPS) is 10.0. The van der Waals surface area contributed by atoms with Gasteiger partial charge in [0.25, 0.3) is 0 Å². The van der Waals surface area contributed by atoms with Crippen molar-refractivity contribution in [2.75, 3.05) is 37.4 Å². The highest BCUT2D eigenvalue weighted by molar-refractivity contribution is 5.57. The zero-order chi connectivity index (χ0) is 13.2. The van der Waals surface area contributed by atoms with Gasteiger partial charge in [-0.15, -0.1) is 0 Å². The summed E-state index contributed by atoms with van der Waals surface area (Å²) in [6.07, 6.45) is 1.18. The number of anilines is 2. The molecule has 0 atom stereocenters. The molecule has 0 saturated heterocycles. The van der Waals surface area contributed by atoms with E-state index in [0.29, 0.717) is 25.3 Å². The van der Waals surface area contributed by atoms with E-state index in [1.807, 2.05) is 12.1 Å². The molecule has 5 heteroatoms. The highest BCUT2D eigenvalue weighted by atomic mass is 16.5. The average Bonchev–Trinajstić information content (AvgIpc) is 2.37. The third kappa shape index (κ3) is 5.04. The molecule has 98 valence electrons. The number of rotatable bonds is 8. The van der Waals surface area contributed by atoms with Crippen LogP contribution in [0.4, 0.5) is 11.4 Å². The van der Waals surface area contributed by atoms with Crippen LogP contribution in [0, 0.1) is 11.3 Å². The summed E-state index contributed by atoms with van der Waals surface area (Å²) < 4.78 is 5.15. The Morgan fingerprint density at radius 3 is 2.94 bits per heavy atom. The second kappa shape index (κ2) is 8.34. The van der Waals surface area contributed by atoms with Crippen LogP contribution in [0.1, 0.15) is 12.0 Å². The maximum absolute atomic E-state index is 8.67. The third-order valence-electron chi connectivity index (χ3n) is 2.44. The van der Waals surface area contributed by atoms with Crippen molar-refractivity contribution in [2.45, 2.75) is 12.8 Å². The molecule has 18 heavy (non-hydrogen) atoms. The first kappa shape index (κ1) is 14.3. The molecule has 1 rings (SSSR count). The van der Waals surface area contributed by atoms with Gasteiger partial charge in [0.2, 0.25) is 0 Å². The number of nitrogens with two attached hydrogens (primary N) is 1. The number of benzene rings is 1. The summed E-state index contributed by atoms with van der Waals surface area (Å²) in [5.41, 5.74) is 8.21. The van der Waals surface area contributed by atoms with E-state index in [-0.39, 0.29) is 6.61 Å². The minimum atomic E-state index is 0.0584. The van der Waals surface area contributed by atoms with Gasteiger partial charge in [0.05, 0.1) is 25.7 Å². The minimum Gasteiger partial charge on any atom is -0.398 e. The molecule has 1 aromatic rings. The van der Waals surface area contributed by atoms with Crippen LogP contribution in [0.2, 0.25) is 0 Å². The fourth-order valence-corrected chi connectivity index (χ4v) is 1.53. The predicted octanol–water partition coefficient (Wildman–Crippen LogP) is 1.15. The first-order valence-electron chi connectivity index (χ1n) is 5.95. The Bertz CT molecular complexity index is 402. The Morgan fingerprint density at radius 1 is 1.39 bits per heavy atom. The van der Waals surface area contributed by atoms with Gasteiger partial charge in [-0.3, -0.25) is 0 Å². The molecule has 4 N–H and O–H groups in total. The first-order chi connectivity index (χ1) is 8.77. The number of nitrogens with zero attached hydrogens (tertiary/aromatic N) is 1. The van der Waals surface area contributed by atoms with Gasteiger partial charge < -0.3 is 20.9 Å². The maximum atomic E-state index is 8.67. The predicted molar refractivity (Wildman–Crippen MR) is 71.2 cm³/mol. The molecule has 0 aliphatic rings. The number of nitrogen functional groups attached to an aromatic ring is 1. The summed E-state index contributed by atoms with van der Waals surface area (Å²) >= 11 is 0. The molecule has 0 aromatic heterocycles. The van der Waals surface area contributed by atoms with Crippen molar-refractivity contribution in [3.8, 4) is 6.07 Å². The lowest BCUT2D eigenvalue weighted by atomic mass is 10.1. The van der Waals surface area contributed by atoms with Crippen molar-refractivity contribution < 1.29 is 9.84 Å². The maximum Gasteiger partial charge on any atom is 0.0697 e. The van der Waals surface area contributed by atoms with Crippen molar-refractivity contribution in [3.05, 3.63) is 23.8 Å². The zero-order valence-corrected chi connectivity index (χ0v) is 10.4. The van der Waals surface area contributed by atoms with E-state index < -0.39 is 0 Å². The molecule has 5 nitrogen and oxygen atoms in total. The lowest BCUT2D eigenvalue weighted by Gasteiger charge is -2.09. The lowest BCUT2D eigenvalue weighted by molar-refractivity contribution is 0.0922. The summed E-state index contributed by atoms with van der Waals surface area (Å²) in [6.45, 7) is 1.84. The second-order valence-electron chi connectivity index (χ2n) is 3.86. The Labute approximate surface area is 107 Å². The van der Waals surface area contributed by atoms with Crippen LogP contribution in [-0.2, 0) is 11.2 Å². The van der Waals surface area contributed by atoms with E-state index >= 15 is 0 Å². The van der Waals surface area contributed by atoms with Gasteiger partial charge in [-0.05, 0) is 30.2 Å². The van der Waals surface area contributed by atoms with E-state index in [2.05, 4.69) is 11.4 Å². The van der Waals surface area contributed by atoms with Crippen molar-refractivity contribution in [1.29, 1.82) is 5.26 Å². The molecule has 0 saturated carbocycles. The molecule has 0 bridgehead atoms. The van der Waals surface area contributed by atoms with E-state index in [1.54, 1.807) is 6.07 Å². The minimum absolute atomic E-state index is 0.0584. The van der Waals surface area contributed by atoms with Gasteiger partial charge in [0.15, 0.2) is 0 Å². The molecule has 0 radical (unpaired) electrons. The number of hydrogen-bond acceptors (Lipinski definition) is 5. The first-order valence-corrected chi connectivity index (χ1v) is 5.95. The number of aliphatic hydroxyl groups is 1. The van der Waals surface area contributed by atoms with Crippen LogP contribution in [0.25, 0.3) is 0 Å². The fraction of sp³-hybridized carbons (Fsp3) is 0.462. The van der Waals surface area contributed by atoms with E-state index in [9.17, 15) is 0 Å². The topological polar surface area (TPSA) is 91.3 Å². The van der Waals surface area contributed by atoms with Gasteiger partial charge in [-0.25, -0.2) is 0 Å². The number of ether oxygens (including phenoxy) is 1. The van der Waals surface area contributed by atoms with Gasteiger partial charge in [0, 0.05) is 24.5 Å². The van der Waals surface area contributed by atoms with E-state index in [4.69, 9.17) is 20.8 Å². The molecule has 0 heterocycles. The smallest absolute Gasteiger partial charge is 0.0697 e. The van der Waals surface area contributed by atoms with Crippen LogP contribution in [0.15, 0.2) is 18.2 Å². The number of nitriles is 1. The quantitative estimate of drug-likeness (QED) is 0.475. The summed E-state index contributed by atoms with van der Waals surface area (Å²) in [6, 6.07) is 7.68. The number of aliphatic hydroxyl groups excluding tert-OH is 1. The van der Waals surface area contributed by atoms with Gasteiger partial charge in [-0.2, -0.15) is 5.26 Å².